The average Bonchev–Trinajstić information content (AvgIpc) is 3.32. The van der Waals surface area contributed by atoms with Crippen molar-refractivity contribution in [1.82, 2.24) is 9.78 Å². The lowest BCUT2D eigenvalue weighted by molar-refractivity contribution is 0.0549. The number of aromatic carboxylic acids is 1. The van der Waals surface area contributed by atoms with Crippen molar-refractivity contribution in [1.29, 1.82) is 0 Å². The van der Waals surface area contributed by atoms with Crippen LogP contribution in [0.15, 0.2) is 78.9 Å². The van der Waals surface area contributed by atoms with Gasteiger partial charge in [-0.1, -0.05) is 48.5 Å². The number of esters is 2. The topological polar surface area (TPSA) is 117 Å². The Morgan fingerprint density at radius 2 is 1.50 bits per heavy atom. The molecule has 182 valence electrons. The van der Waals surface area contributed by atoms with Gasteiger partial charge in [0.15, 0.2) is 5.69 Å². The number of nitrogens with zero attached hydrogens (tertiary/aromatic N) is 2. The Balaban J connectivity index is 1.85. The van der Waals surface area contributed by atoms with Crippen LogP contribution < -0.4 is 4.74 Å². The van der Waals surface area contributed by atoms with E-state index in [1.807, 2.05) is 30.3 Å². The molecule has 0 aliphatic heterocycles. The predicted octanol–water partition coefficient (Wildman–Crippen LogP) is 4.39. The molecule has 1 aromatic heterocycles. The van der Waals surface area contributed by atoms with Gasteiger partial charge in [0.25, 0.3) is 0 Å². The molecule has 0 atom stereocenters. The maximum atomic E-state index is 12.8. The van der Waals surface area contributed by atoms with Gasteiger partial charge in [-0.3, -0.25) is 0 Å². The number of carbonyl (C=O) groups excluding carboxylic acids is 2. The van der Waals surface area contributed by atoms with Crippen molar-refractivity contribution in [2.75, 3.05) is 14.2 Å². The fourth-order valence-corrected chi connectivity index (χ4v) is 3.66. The van der Waals surface area contributed by atoms with Crippen LogP contribution in [-0.4, -0.2) is 47.0 Å². The van der Waals surface area contributed by atoms with E-state index in [-0.39, 0.29) is 40.4 Å². The summed E-state index contributed by atoms with van der Waals surface area (Å²) in [6.45, 7) is 0.170. The third kappa shape index (κ3) is 4.80. The summed E-state index contributed by atoms with van der Waals surface area (Å²) in [4.78, 5) is 37.6. The molecule has 0 unspecified atom stereocenters. The highest BCUT2D eigenvalue weighted by Crippen LogP contribution is 2.32. The highest BCUT2D eigenvalue weighted by atomic mass is 16.5. The van der Waals surface area contributed by atoms with E-state index in [1.54, 1.807) is 36.4 Å². The summed E-state index contributed by atoms with van der Waals surface area (Å²) >= 11 is 0. The zero-order valence-electron chi connectivity index (χ0n) is 19.5. The molecule has 9 heteroatoms. The molecular formula is C27H22N2O7. The second-order valence-electron chi connectivity index (χ2n) is 7.59. The molecule has 9 nitrogen and oxygen atoms in total. The number of benzene rings is 3. The third-order valence-electron chi connectivity index (χ3n) is 5.38. The van der Waals surface area contributed by atoms with Gasteiger partial charge in [-0.2, -0.15) is 5.10 Å². The van der Waals surface area contributed by atoms with E-state index in [2.05, 4.69) is 5.10 Å². The van der Waals surface area contributed by atoms with Gasteiger partial charge in [0, 0.05) is 5.56 Å². The van der Waals surface area contributed by atoms with E-state index < -0.39 is 17.9 Å². The summed E-state index contributed by atoms with van der Waals surface area (Å²) in [6.07, 6.45) is 0. The molecule has 0 aliphatic carbocycles. The van der Waals surface area contributed by atoms with E-state index in [1.165, 1.54) is 31.0 Å². The SMILES string of the molecule is COC(=O)c1c(-c2ccc(OCc3ccccc3)c(C(=O)O)c2)nn(-c2ccccc2)c1C(=O)OC. The smallest absolute Gasteiger partial charge is 0.357 e. The standard InChI is InChI=1S/C27H22N2O7/c1-34-26(32)22-23(28-29(24(22)27(33)35-2)19-11-7-4-8-12-19)18-13-14-21(20(15-18)25(30)31)36-16-17-9-5-3-6-10-17/h3-15H,16H2,1-2H3,(H,30,31). The van der Waals surface area contributed by atoms with Gasteiger partial charge in [-0.25, -0.2) is 19.1 Å². The first kappa shape index (κ1) is 24.2. The van der Waals surface area contributed by atoms with Crippen LogP contribution in [-0.2, 0) is 16.1 Å². The number of carboxylic acid groups (broad SMARTS) is 1. The number of para-hydroxylation sites is 1. The molecule has 1 N–H and O–H groups in total. The highest BCUT2D eigenvalue weighted by Gasteiger charge is 2.31. The van der Waals surface area contributed by atoms with Gasteiger partial charge < -0.3 is 19.3 Å². The van der Waals surface area contributed by atoms with Crippen molar-refractivity contribution in [3.63, 3.8) is 0 Å². The van der Waals surface area contributed by atoms with Gasteiger partial charge in [0.05, 0.1) is 19.9 Å². The van der Waals surface area contributed by atoms with Crippen LogP contribution in [0.2, 0.25) is 0 Å². The van der Waals surface area contributed by atoms with Gasteiger partial charge in [-0.15, -0.1) is 0 Å². The first-order valence-corrected chi connectivity index (χ1v) is 10.8. The average molecular weight is 486 g/mol. The molecule has 0 radical (unpaired) electrons. The zero-order chi connectivity index (χ0) is 25.7. The molecule has 36 heavy (non-hydrogen) atoms. The summed E-state index contributed by atoms with van der Waals surface area (Å²) in [5.41, 5.74) is 1.27. The van der Waals surface area contributed by atoms with Crippen LogP contribution in [0.3, 0.4) is 0 Å². The number of carbonyl (C=O) groups is 3. The Morgan fingerprint density at radius 1 is 0.861 bits per heavy atom. The number of hydrogen-bond donors (Lipinski definition) is 1. The van der Waals surface area contributed by atoms with Crippen LogP contribution in [0.4, 0.5) is 0 Å². The fourth-order valence-electron chi connectivity index (χ4n) is 3.66. The summed E-state index contributed by atoms with van der Waals surface area (Å²) in [5, 5.41) is 14.3. The van der Waals surface area contributed by atoms with Crippen LogP contribution in [0, 0.1) is 0 Å². The lowest BCUT2D eigenvalue weighted by Gasteiger charge is -2.11. The minimum atomic E-state index is -1.23. The van der Waals surface area contributed by atoms with Crippen molar-refractivity contribution < 1.29 is 33.7 Å². The number of rotatable bonds is 8. The number of methoxy groups -OCH3 is 2. The summed E-state index contributed by atoms with van der Waals surface area (Å²) in [6, 6.07) is 22.4. The summed E-state index contributed by atoms with van der Waals surface area (Å²) in [7, 11) is 2.36. The van der Waals surface area contributed by atoms with Crippen LogP contribution in [0.5, 0.6) is 5.75 Å². The van der Waals surface area contributed by atoms with E-state index in [9.17, 15) is 19.5 Å². The van der Waals surface area contributed by atoms with Crippen molar-refractivity contribution in [2.45, 2.75) is 6.61 Å². The Hall–Kier alpha value is -4.92. The minimum Gasteiger partial charge on any atom is -0.488 e. The minimum absolute atomic E-state index is 0.0585. The number of aromatic nitrogens is 2. The molecule has 0 saturated heterocycles. The quantitative estimate of drug-likeness (QED) is 0.365. The molecule has 0 bridgehead atoms. The lowest BCUT2D eigenvalue weighted by Crippen LogP contribution is -2.15. The Bertz CT molecular complexity index is 1410. The Kier molecular flexibility index (Phi) is 7.10. The van der Waals surface area contributed by atoms with Gasteiger partial charge in [-0.05, 0) is 35.9 Å². The molecule has 4 aromatic rings. The highest BCUT2D eigenvalue weighted by molar-refractivity contribution is 6.07. The first-order valence-electron chi connectivity index (χ1n) is 10.8. The molecule has 0 amide bonds. The molecule has 1 heterocycles. The fraction of sp³-hybridized carbons (Fsp3) is 0.111. The van der Waals surface area contributed by atoms with Crippen LogP contribution in [0.1, 0.15) is 36.8 Å². The normalized spacial score (nSPS) is 10.5. The maximum Gasteiger partial charge on any atom is 0.357 e. The summed E-state index contributed by atoms with van der Waals surface area (Å²) in [5.74, 6) is -2.71. The van der Waals surface area contributed by atoms with E-state index in [0.717, 1.165) is 5.56 Å². The summed E-state index contributed by atoms with van der Waals surface area (Å²) < 4.78 is 16.9. The molecule has 0 spiro atoms. The monoisotopic (exact) mass is 486 g/mol. The van der Waals surface area contributed by atoms with E-state index in [0.29, 0.717) is 5.69 Å². The van der Waals surface area contributed by atoms with Gasteiger partial charge >= 0.3 is 17.9 Å². The van der Waals surface area contributed by atoms with Gasteiger partial charge in [0.2, 0.25) is 0 Å². The largest absolute Gasteiger partial charge is 0.488 e. The van der Waals surface area contributed by atoms with Crippen LogP contribution >= 0.6 is 0 Å². The second kappa shape index (κ2) is 10.6. The molecule has 0 saturated carbocycles. The number of hydrogen-bond acceptors (Lipinski definition) is 7. The first-order chi connectivity index (χ1) is 17.4. The third-order valence-corrected chi connectivity index (χ3v) is 5.38. The Morgan fingerprint density at radius 3 is 2.11 bits per heavy atom. The molecular weight excluding hydrogens is 464 g/mol. The van der Waals surface area contributed by atoms with Crippen LogP contribution in [0.25, 0.3) is 16.9 Å². The predicted molar refractivity (Wildman–Crippen MR) is 129 cm³/mol. The van der Waals surface area contributed by atoms with Crippen molar-refractivity contribution >= 4 is 17.9 Å². The molecule has 4 rings (SSSR count). The Labute approximate surface area is 206 Å². The van der Waals surface area contributed by atoms with Crippen molar-refractivity contribution in [2.24, 2.45) is 0 Å². The maximum absolute atomic E-state index is 12.8. The number of carboxylic acids is 1. The molecule has 3 aromatic carbocycles. The van der Waals surface area contributed by atoms with Gasteiger partial charge in [0.1, 0.15) is 29.2 Å². The second-order valence-corrected chi connectivity index (χ2v) is 7.59. The molecule has 0 aliphatic rings. The van der Waals surface area contributed by atoms with E-state index >= 15 is 0 Å². The van der Waals surface area contributed by atoms with Crippen molar-refractivity contribution in [3.05, 3.63) is 101 Å². The molecule has 0 fully saturated rings. The van der Waals surface area contributed by atoms with Crippen molar-refractivity contribution in [3.8, 4) is 22.7 Å². The lowest BCUT2D eigenvalue weighted by atomic mass is 10.0. The van der Waals surface area contributed by atoms with E-state index in [4.69, 9.17) is 14.2 Å². The zero-order valence-corrected chi connectivity index (χ0v) is 19.5. The number of ether oxygens (including phenoxy) is 3.